The van der Waals surface area contributed by atoms with Crippen molar-refractivity contribution in [3.05, 3.63) is 77.7 Å². The molecule has 0 fully saturated rings. The number of anilines is 4. The van der Waals surface area contributed by atoms with Crippen LogP contribution in [0, 0.1) is 5.82 Å². The number of ketones is 1. The van der Waals surface area contributed by atoms with Crippen LogP contribution in [0.1, 0.15) is 17.9 Å². The molecular weight excluding hydrogens is 407 g/mol. The van der Waals surface area contributed by atoms with E-state index in [4.69, 9.17) is 16.3 Å². The van der Waals surface area contributed by atoms with Crippen molar-refractivity contribution in [3.8, 4) is 5.75 Å². The van der Waals surface area contributed by atoms with Gasteiger partial charge in [0, 0.05) is 22.0 Å². The fraction of sp³-hybridized carbons (Fsp3) is 0.136. The zero-order chi connectivity index (χ0) is 21.1. The summed E-state index contributed by atoms with van der Waals surface area (Å²) >= 11 is 5.97. The van der Waals surface area contributed by atoms with Gasteiger partial charge in [0.1, 0.15) is 5.75 Å². The van der Waals surface area contributed by atoms with Crippen LogP contribution in [0.2, 0.25) is 5.02 Å². The summed E-state index contributed by atoms with van der Waals surface area (Å²) in [5.41, 5.74) is 2.03. The van der Waals surface area contributed by atoms with Gasteiger partial charge in [0.15, 0.2) is 17.4 Å². The molecular formula is C22H18ClFN4O2. The maximum absolute atomic E-state index is 14.2. The Bertz CT molecular complexity index is 1120. The molecule has 3 aromatic rings. The normalized spacial score (nSPS) is 14.9. The van der Waals surface area contributed by atoms with Gasteiger partial charge >= 0.3 is 0 Å². The standard InChI is InChI=1S/C22H18ClFN4O2/c1-2-19(29)16-8-9-30-20-7-6-15(11-17(16)20)27-22-25-12-18(24)21(28-22)26-14-5-3-4-13(23)10-14/h2-7,10-12,16H,1,8-9H2,(H2,25,26,27,28). The molecule has 1 aliphatic heterocycles. The first-order valence-electron chi connectivity index (χ1n) is 9.28. The van der Waals surface area contributed by atoms with Crippen LogP contribution in [-0.2, 0) is 4.79 Å². The smallest absolute Gasteiger partial charge is 0.229 e. The summed E-state index contributed by atoms with van der Waals surface area (Å²) in [5.74, 6) is -0.0868. The van der Waals surface area contributed by atoms with Gasteiger partial charge in [0.25, 0.3) is 0 Å². The first-order valence-corrected chi connectivity index (χ1v) is 9.66. The summed E-state index contributed by atoms with van der Waals surface area (Å²) in [6.07, 6.45) is 2.99. The van der Waals surface area contributed by atoms with E-state index in [9.17, 15) is 9.18 Å². The lowest BCUT2D eigenvalue weighted by molar-refractivity contribution is -0.116. The van der Waals surface area contributed by atoms with Crippen molar-refractivity contribution < 1.29 is 13.9 Å². The molecule has 1 unspecified atom stereocenters. The molecule has 2 heterocycles. The molecule has 8 heteroatoms. The Morgan fingerprint density at radius 3 is 2.87 bits per heavy atom. The fourth-order valence-electron chi connectivity index (χ4n) is 3.26. The van der Waals surface area contributed by atoms with E-state index in [0.29, 0.717) is 35.2 Å². The molecule has 0 amide bonds. The number of benzene rings is 2. The molecule has 0 bridgehead atoms. The number of halogens is 2. The number of carbonyl (C=O) groups is 1. The van der Waals surface area contributed by atoms with E-state index in [2.05, 4.69) is 27.2 Å². The molecule has 1 atom stereocenters. The molecule has 0 saturated carbocycles. The zero-order valence-electron chi connectivity index (χ0n) is 15.9. The predicted molar refractivity (Wildman–Crippen MR) is 115 cm³/mol. The van der Waals surface area contributed by atoms with Crippen molar-refractivity contribution in [3.63, 3.8) is 0 Å². The highest BCUT2D eigenvalue weighted by molar-refractivity contribution is 6.30. The molecule has 6 nitrogen and oxygen atoms in total. The number of nitrogens with zero attached hydrogens (tertiary/aromatic N) is 2. The van der Waals surface area contributed by atoms with Crippen molar-refractivity contribution in [2.24, 2.45) is 0 Å². The van der Waals surface area contributed by atoms with Crippen LogP contribution in [0.3, 0.4) is 0 Å². The Kier molecular flexibility index (Phi) is 5.63. The molecule has 0 radical (unpaired) electrons. The molecule has 1 aromatic heterocycles. The Labute approximate surface area is 177 Å². The molecule has 0 spiro atoms. The minimum Gasteiger partial charge on any atom is -0.493 e. The van der Waals surface area contributed by atoms with Gasteiger partial charge in [0.05, 0.1) is 18.7 Å². The van der Waals surface area contributed by atoms with Gasteiger partial charge in [0.2, 0.25) is 5.95 Å². The highest BCUT2D eigenvalue weighted by Crippen LogP contribution is 2.36. The maximum Gasteiger partial charge on any atom is 0.229 e. The van der Waals surface area contributed by atoms with Crippen LogP contribution in [0.5, 0.6) is 5.75 Å². The fourth-order valence-corrected chi connectivity index (χ4v) is 3.45. The van der Waals surface area contributed by atoms with Gasteiger partial charge < -0.3 is 15.4 Å². The van der Waals surface area contributed by atoms with Crippen LogP contribution >= 0.6 is 11.6 Å². The van der Waals surface area contributed by atoms with Gasteiger partial charge in [-0.15, -0.1) is 0 Å². The van der Waals surface area contributed by atoms with E-state index in [1.807, 2.05) is 6.07 Å². The lowest BCUT2D eigenvalue weighted by atomic mass is 9.89. The van der Waals surface area contributed by atoms with Crippen LogP contribution in [0.15, 0.2) is 61.3 Å². The van der Waals surface area contributed by atoms with E-state index in [1.165, 1.54) is 6.08 Å². The summed E-state index contributed by atoms with van der Waals surface area (Å²) in [4.78, 5) is 20.4. The third kappa shape index (κ3) is 4.26. The van der Waals surface area contributed by atoms with E-state index in [-0.39, 0.29) is 23.5 Å². The largest absolute Gasteiger partial charge is 0.493 e. The molecule has 30 heavy (non-hydrogen) atoms. The van der Waals surface area contributed by atoms with E-state index < -0.39 is 5.82 Å². The average Bonchev–Trinajstić information content (AvgIpc) is 2.75. The first kappa shape index (κ1) is 19.8. The van der Waals surface area contributed by atoms with Crippen LogP contribution < -0.4 is 15.4 Å². The average molecular weight is 425 g/mol. The zero-order valence-corrected chi connectivity index (χ0v) is 16.6. The van der Waals surface area contributed by atoms with Crippen LogP contribution in [0.25, 0.3) is 0 Å². The van der Waals surface area contributed by atoms with Gasteiger partial charge in [-0.3, -0.25) is 4.79 Å². The first-order chi connectivity index (χ1) is 14.5. The minimum atomic E-state index is -0.601. The van der Waals surface area contributed by atoms with Crippen LogP contribution in [0.4, 0.5) is 27.5 Å². The number of rotatable bonds is 6. The summed E-state index contributed by atoms with van der Waals surface area (Å²) in [7, 11) is 0. The minimum absolute atomic E-state index is 0.00997. The van der Waals surface area contributed by atoms with Crippen molar-refractivity contribution in [2.75, 3.05) is 17.2 Å². The molecule has 0 aliphatic carbocycles. The van der Waals surface area contributed by atoms with Crippen molar-refractivity contribution in [1.82, 2.24) is 9.97 Å². The lowest BCUT2D eigenvalue weighted by Gasteiger charge is -2.24. The highest BCUT2D eigenvalue weighted by atomic mass is 35.5. The molecule has 1 aliphatic rings. The third-order valence-electron chi connectivity index (χ3n) is 4.68. The van der Waals surface area contributed by atoms with E-state index in [1.54, 1.807) is 36.4 Å². The summed E-state index contributed by atoms with van der Waals surface area (Å²) < 4.78 is 19.8. The second-order valence-corrected chi connectivity index (χ2v) is 7.14. The van der Waals surface area contributed by atoms with Gasteiger partial charge in [-0.2, -0.15) is 4.98 Å². The number of fused-ring (bicyclic) bond motifs is 1. The van der Waals surface area contributed by atoms with E-state index in [0.717, 1.165) is 11.8 Å². The molecule has 2 aromatic carbocycles. The number of hydrogen-bond donors (Lipinski definition) is 2. The van der Waals surface area contributed by atoms with Gasteiger partial charge in [-0.1, -0.05) is 24.2 Å². The van der Waals surface area contributed by atoms with Gasteiger partial charge in [-0.05, 0) is 48.9 Å². The summed E-state index contributed by atoms with van der Waals surface area (Å²) in [5, 5.41) is 6.46. The second-order valence-electron chi connectivity index (χ2n) is 6.70. The molecule has 4 rings (SSSR count). The number of hydrogen-bond acceptors (Lipinski definition) is 6. The lowest BCUT2D eigenvalue weighted by Crippen LogP contribution is -2.20. The quantitative estimate of drug-likeness (QED) is 0.517. The molecule has 0 saturated heterocycles. The highest BCUT2D eigenvalue weighted by Gasteiger charge is 2.26. The number of carbonyl (C=O) groups excluding carboxylic acids is 1. The number of aromatic nitrogens is 2. The van der Waals surface area contributed by atoms with Crippen LogP contribution in [-0.4, -0.2) is 22.4 Å². The Hall–Kier alpha value is -3.45. The molecule has 2 N–H and O–H groups in total. The summed E-state index contributed by atoms with van der Waals surface area (Å²) in [6, 6.07) is 12.3. The van der Waals surface area contributed by atoms with Crippen molar-refractivity contribution >= 4 is 40.5 Å². The second kappa shape index (κ2) is 8.51. The number of ether oxygens (including phenoxy) is 1. The number of nitrogens with one attached hydrogen (secondary N) is 2. The predicted octanol–water partition coefficient (Wildman–Crippen LogP) is 5.38. The van der Waals surface area contributed by atoms with Crippen molar-refractivity contribution in [1.29, 1.82) is 0 Å². The number of allylic oxidation sites excluding steroid dienone is 1. The Morgan fingerprint density at radius 2 is 2.07 bits per heavy atom. The monoisotopic (exact) mass is 424 g/mol. The maximum atomic E-state index is 14.2. The third-order valence-corrected chi connectivity index (χ3v) is 4.92. The summed E-state index contributed by atoms with van der Waals surface area (Å²) in [6.45, 7) is 4.06. The van der Waals surface area contributed by atoms with E-state index >= 15 is 0 Å². The SMILES string of the molecule is C=CC(=O)C1CCOc2ccc(Nc3ncc(F)c(Nc4cccc(Cl)c4)n3)cc21. The van der Waals surface area contributed by atoms with Gasteiger partial charge in [-0.25, -0.2) is 9.37 Å². The molecule has 152 valence electrons. The Morgan fingerprint density at radius 1 is 1.23 bits per heavy atom. The van der Waals surface area contributed by atoms with Crippen molar-refractivity contribution in [2.45, 2.75) is 12.3 Å². The Balaban J connectivity index is 1.59. The topological polar surface area (TPSA) is 76.1 Å².